The number of fused-ring (bicyclic) bond motifs is 2. The van der Waals surface area contributed by atoms with Crippen LogP contribution in [0.1, 0.15) is 78.5 Å². The third-order valence-corrected chi connectivity index (χ3v) is 7.16. The predicted molar refractivity (Wildman–Crippen MR) is 135 cm³/mol. The Kier molecular flexibility index (Phi) is 8.61. The van der Waals surface area contributed by atoms with Crippen molar-refractivity contribution in [3.63, 3.8) is 0 Å². The van der Waals surface area contributed by atoms with Crippen LogP contribution in [-0.4, -0.2) is 66.0 Å². The largest absolute Gasteiger partial charge is 0.487 e. The summed E-state index contributed by atoms with van der Waals surface area (Å²) in [6, 6.07) is 11.0. The highest BCUT2D eigenvalue weighted by Crippen LogP contribution is 2.31. The van der Waals surface area contributed by atoms with E-state index in [4.69, 9.17) is 9.47 Å². The Morgan fingerprint density at radius 1 is 0.971 bits per heavy atom. The van der Waals surface area contributed by atoms with E-state index in [1.165, 1.54) is 0 Å². The van der Waals surface area contributed by atoms with Gasteiger partial charge in [-0.05, 0) is 50.3 Å². The predicted octanol–water partition coefficient (Wildman–Crippen LogP) is 4.96. The summed E-state index contributed by atoms with van der Waals surface area (Å²) in [5, 5.41) is 0. The molecule has 2 aromatic rings. The maximum atomic E-state index is 13.7. The zero-order valence-electron chi connectivity index (χ0n) is 20.9. The Morgan fingerprint density at radius 2 is 1.71 bits per heavy atom. The van der Waals surface area contributed by atoms with Gasteiger partial charge in [-0.3, -0.25) is 9.59 Å². The molecule has 0 saturated heterocycles. The molecular formula is C28H37N3O4. The molecule has 2 aliphatic rings. The van der Waals surface area contributed by atoms with Crippen LogP contribution in [0.4, 0.5) is 0 Å². The molecule has 35 heavy (non-hydrogen) atoms. The maximum absolute atomic E-state index is 13.7. The number of carbonyl (C=O) groups excluding carboxylic acids is 2. The molecule has 0 spiro atoms. The third kappa shape index (κ3) is 6.13. The fraction of sp³-hybridized carbons (Fsp3) is 0.536. The standard InChI is InChI=1S/C28H37N3O4/c1-30-18-10-4-3-5-11-19-31(27(32)21-16-17-26(34-2)29-20-21)23-13-7-9-15-25(23)35-24-14-8-6-12-22(24)28(30)33/h6,8,12,14,16-17,20,23,25H,3-5,7,9-11,13,15,18-19H2,1-2H3/t23-,25+/m1/s1. The molecule has 0 N–H and O–H groups in total. The normalized spacial score (nSPS) is 22.2. The number of pyridine rings is 1. The van der Waals surface area contributed by atoms with Crippen molar-refractivity contribution in [2.24, 2.45) is 0 Å². The second-order valence-corrected chi connectivity index (χ2v) is 9.59. The summed E-state index contributed by atoms with van der Waals surface area (Å²) in [4.78, 5) is 35.0. The highest BCUT2D eigenvalue weighted by molar-refractivity contribution is 5.97. The molecule has 4 rings (SSSR count). The molecule has 1 aliphatic heterocycles. The van der Waals surface area contributed by atoms with E-state index < -0.39 is 0 Å². The van der Waals surface area contributed by atoms with Crippen molar-refractivity contribution in [3.8, 4) is 11.6 Å². The van der Waals surface area contributed by atoms with Crippen LogP contribution in [0.5, 0.6) is 11.6 Å². The van der Waals surface area contributed by atoms with Crippen LogP contribution < -0.4 is 9.47 Å². The van der Waals surface area contributed by atoms with Crippen molar-refractivity contribution in [2.75, 3.05) is 27.2 Å². The van der Waals surface area contributed by atoms with Gasteiger partial charge in [-0.1, -0.05) is 37.8 Å². The summed E-state index contributed by atoms with van der Waals surface area (Å²) in [6.45, 7) is 1.42. The minimum Gasteiger partial charge on any atom is -0.487 e. The molecule has 2 atom stereocenters. The minimum absolute atomic E-state index is 0.0138. The van der Waals surface area contributed by atoms with Crippen LogP contribution in [0.2, 0.25) is 0 Å². The summed E-state index contributed by atoms with van der Waals surface area (Å²) in [5.41, 5.74) is 1.15. The Morgan fingerprint density at radius 3 is 2.49 bits per heavy atom. The van der Waals surface area contributed by atoms with Crippen molar-refractivity contribution in [3.05, 3.63) is 53.7 Å². The summed E-state index contributed by atoms with van der Waals surface area (Å²) < 4.78 is 11.7. The Bertz CT molecular complexity index is 994. The molecule has 1 fully saturated rings. The molecule has 2 heterocycles. The monoisotopic (exact) mass is 479 g/mol. The topological polar surface area (TPSA) is 72.0 Å². The molecule has 0 bridgehead atoms. The van der Waals surface area contributed by atoms with Crippen molar-refractivity contribution < 1.29 is 19.1 Å². The van der Waals surface area contributed by atoms with Gasteiger partial charge in [0, 0.05) is 32.4 Å². The molecule has 1 aromatic heterocycles. The van der Waals surface area contributed by atoms with Crippen LogP contribution >= 0.6 is 0 Å². The van der Waals surface area contributed by atoms with E-state index in [0.29, 0.717) is 29.3 Å². The van der Waals surface area contributed by atoms with E-state index in [-0.39, 0.29) is 24.0 Å². The lowest BCUT2D eigenvalue weighted by atomic mass is 9.90. The van der Waals surface area contributed by atoms with Crippen LogP contribution in [0, 0.1) is 0 Å². The SMILES string of the molecule is COc1ccc(C(=O)N2CCCCCCCN(C)C(=O)c3ccccc3O[C@H]3CCCC[C@H]32)cn1. The lowest BCUT2D eigenvalue weighted by Crippen LogP contribution is -2.51. The van der Waals surface area contributed by atoms with Gasteiger partial charge in [-0.15, -0.1) is 0 Å². The zero-order valence-corrected chi connectivity index (χ0v) is 20.9. The fourth-order valence-corrected chi connectivity index (χ4v) is 5.16. The number of benzene rings is 1. The van der Waals surface area contributed by atoms with Gasteiger partial charge in [-0.25, -0.2) is 4.98 Å². The van der Waals surface area contributed by atoms with Crippen LogP contribution in [0.3, 0.4) is 0 Å². The zero-order chi connectivity index (χ0) is 24.6. The summed E-state index contributed by atoms with van der Waals surface area (Å²) >= 11 is 0. The molecule has 1 aliphatic carbocycles. The molecule has 0 unspecified atom stereocenters. The minimum atomic E-state index is -0.164. The lowest BCUT2D eigenvalue weighted by Gasteiger charge is -2.40. The average molecular weight is 480 g/mol. The van der Waals surface area contributed by atoms with Gasteiger partial charge in [0.05, 0.1) is 24.3 Å². The van der Waals surface area contributed by atoms with Gasteiger partial charge in [-0.2, -0.15) is 0 Å². The third-order valence-electron chi connectivity index (χ3n) is 7.16. The Hall–Kier alpha value is -3.09. The van der Waals surface area contributed by atoms with E-state index in [2.05, 4.69) is 4.98 Å². The van der Waals surface area contributed by atoms with Gasteiger partial charge in [0.2, 0.25) is 5.88 Å². The average Bonchev–Trinajstić information content (AvgIpc) is 2.90. The van der Waals surface area contributed by atoms with Gasteiger partial charge in [0.25, 0.3) is 11.8 Å². The number of para-hydroxylation sites is 1. The second kappa shape index (κ2) is 12.0. The van der Waals surface area contributed by atoms with E-state index in [1.54, 1.807) is 30.3 Å². The first-order valence-electron chi connectivity index (χ1n) is 12.9. The number of carbonyl (C=O) groups is 2. The van der Waals surface area contributed by atoms with E-state index in [1.807, 2.05) is 36.2 Å². The van der Waals surface area contributed by atoms with Gasteiger partial charge in [0.15, 0.2) is 0 Å². The first-order chi connectivity index (χ1) is 17.1. The van der Waals surface area contributed by atoms with Crippen LogP contribution in [-0.2, 0) is 0 Å². The number of hydrogen-bond acceptors (Lipinski definition) is 5. The lowest BCUT2D eigenvalue weighted by molar-refractivity contribution is 0.0270. The summed E-state index contributed by atoms with van der Waals surface area (Å²) in [7, 11) is 3.43. The molecule has 0 radical (unpaired) electrons. The van der Waals surface area contributed by atoms with Gasteiger partial charge < -0.3 is 19.3 Å². The number of aromatic nitrogens is 1. The number of rotatable bonds is 2. The van der Waals surface area contributed by atoms with E-state index in [0.717, 1.165) is 64.3 Å². The molecule has 2 amide bonds. The highest BCUT2D eigenvalue weighted by Gasteiger charge is 2.35. The molecule has 188 valence electrons. The first-order valence-corrected chi connectivity index (χ1v) is 12.9. The van der Waals surface area contributed by atoms with Crippen LogP contribution in [0.15, 0.2) is 42.6 Å². The quantitative estimate of drug-likeness (QED) is 0.609. The van der Waals surface area contributed by atoms with Crippen molar-refractivity contribution in [1.82, 2.24) is 14.8 Å². The first kappa shape index (κ1) is 25.0. The molecule has 1 saturated carbocycles. The van der Waals surface area contributed by atoms with Crippen LogP contribution in [0.25, 0.3) is 0 Å². The summed E-state index contributed by atoms with van der Waals surface area (Å²) in [6.07, 6.45) is 10.4. The number of methoxy groups -OCH3 is 1. The van der Waals surface area contributed by atoms with E-state index >= 15 is 0 Å². The number of nitrogens with zero attached hydrogens (tertiary/aromatic N) is 3. The molecule has 7 nitrogen and oxygen atoms in total. The van der Waals surface area contributed by atoms with Gasteiger partial charge >= 0.3 is 0 Å². The molecule has 1 aromatic carbocycles. The number of amides is 2. The van der Waals surface area contributed by atoms with Crippen molar-refractivity contribution in [2.45, 2.75) is 69.9 Å². The number of ether oxygens (including phenoxy) is 2. The smallest absolute Gasteiger partial charge is 0.257 e. The van der Waals surface area contributed by atoms with Crippen molar-refractivity contribution in [1.29, 1.82) is 0 Å². The number of hydrogen-bond donors (Lipinski definition) is 0. The highest BCUT2D eigenvalue weighted by atomic mass is 16.5. The Labute approximate surface area is 208 Å². The molecule has 7 heteroatoms. The van der Waals surface area contributed by atoms with E-state index in [9.17, 15) is 9.59 Å². The molecular weight excluding hydrogens is 442 g/mol. The summed E-state index contributed by atoms with van der Waals surface area (Å²) in [5.74, 6) is 1.06. The van der Waals surface area contributed by atoms with Crippen molar-refractivity contribution >= 4 is 11.8 Å². The maximum Gasteiger partial charge on any atom is 0.257 e. The second-order valence-electron chi connectivity index (χ2n) is 9.59. The Balaban J connectivity index is 1.65. The van der Waals surface area contributed by atoms with Gasteiger partial charge in [0.1, 0.15) is 11.9 Å². The fourth-order valence-electron chi connectivity index (χ4n) is 5.16.